The van der Waals surface area contributed by atoms with E-state index in [9.17, 15) is 9.59 Å². The van der Waals surface area contributed by atoms with Gasteiger partial charge >= 0.3 is 6.03 Å². The first-order chi connectivity index (χ1) is 11.4. The summed E-state index contributed by atoms with van der Waals surface area (Å²) in [6, 6.07) is 11.6. The lowest BCUT2D eigenvalue weighted by Gasteiger charge is -2.29. The summed E-state index contributed by atoms with van der Waals surface area (Å²) in [7, 11) is 1.68. The maximum Gasteiger partial charge on any atom is 0.316 e. The minimum atomic E-state index is -0.662. The Kier molecular flexibility index (Phi) is 4.51. The fraction of sp³-hybridized carbons (Fsp3) is 0.176. The third-order valence-electron chi connectivity index (χ3n) is 4.12. The van der Waals surface area contributed by atoms with Crippen molar-refractivity contribution in [1.82, 2.24) is 4.90 Å². The second-order valence-corrected chi connectivity index (χ2v) is 6.84. The first-order valence-electron chi connectivity index (χ1n) is 7.26. The monoisotopic (exact) mass is 407 g/mol. The smallest absolute Gasteiger partial charge is 0.316 e. The van der Waals surface area contributed by atoms with Crippen molar-refractivity contribution in [2.24, 2.45) is 5.73 Å². The van der Waals surface area contributed by atoms with Crippen LogP contribution in [0.1, 0.15) is 17.2 Å². The van der Waals surface area contributed by atoms with Crippen LogP contribution >= 0.6 is 27.5 Å². The Bertz CT molecular complexity index is 827. The van der Waals surface area contributed by atoms with Crippen molar-refractivity contribution in [3.8, 4) is 0 Å². The molecule has 1 aliphatic heterocycles. The van der Waals surface area contributed by atoms with Crippen LogP contribution in [0.4, 0.5) is 10.5 Å². The van der Waals surface area contributed by atoms with Crippen molar-refractivity contribution >= 4 is 45.2 Å². The molecule has 1 unspecified atom stereocenters. The number of benzene rings is 2. The lowest BCUT2D eigenvalue weighted by atomic mass is 9.96. The zero-order valence-corrected chi connectivity index (χ0v) is 15.2. The maximum atomic E-state index is 12.5. The van der Waals surface area contributed by atoms with Gasteiger partial charge in [-0.2, -0.15) is 0 Å². The summed E-state index contributed by atoms with van der Waals surface area (Å²) in [5.41, 5.74) is 7.88. The molecule has 1 heterocycles. The third-order valence-corrected chi connectivity index (χ3v) is 5.08. The van der Waals surface area contributed by atoms with Gasteiger partial charge in [0.25, 0.3) is 0 Å². The zero-order valence-electron chi connectivity index (χ0n) is 12.9. The van der Waals surface area contributed by atoms with Crippen LogP contribution in [-0.4, -0.2) is 30.4 Å². The topological polar surface area (TPSA) is 66.6 Å². The van der Waals surface area contributed by atoms with Gasteiger partial charge in [-0.15, -0.1) is 0 Å². The van der Waals surface area contributed by atoms with Crippen molar-refractivity contribution in [3.05, 3.63) is 63.1 Å². The molecule has 2 aromatic rings. The third kappa shape index (κ3) is 2.87. The van der Waals surface area contributed by atoms with Crippen molar-refractivity contribution < 1.29 is 9.59 Å². The molecule has 3 rings (SSSR count). The van der Waals surface area contributed by atoms with E-state index in [4.69, 9.17) is 17.3 Å². The van der Waals surface area contributed by atoms with E-state index in [0.29, 0.717) is 10.7 Å². The van der Waals surface area contributed by atoms with Crippen LogP contribution in [0, 0.1) is 0 Å². The first-order valence-corrected chi connectivity index (χ1v) is 8.43. The number of hydrogen-bond donors (Lipinski definition) is 1. The summed E-state index contributed by atoms with van der Waals surface area (Å²) in [6.45, 7) is -0.107. The van der Waals surface area contributed by atoms with Gasteiger partial charge in [-0.1, -0.05) is 45.7 Å². The summed E-state index contributed by atoms with van der Waals surface area (Å²) in [5.74, 6) is -0.216. The number of anilines is 1. The summed E-state index contributed by atoms with van der Waals surface area (Å²) >= 11 is 9.71. The molecule has 1 aliphatic rings. The molecule has 0 saturated carbocycles. The van der Waals surface area contributed by atoms with Crippen molar-refractivity contribution in [1.29, 1.82) is 0 Å². The lowest BCUT2D eigenvalue weighted by Crippen LogP contribution is -2.43. The second kappa shape index (κ2) is 6.45. The van der Waals surface area contributed by atoms with Gasteiger partial charge < -0.3 is 15.5 Å². The predicted octanol–water partition coefficient (Wildman–Crippen LogP) is 3.55. The average molecular weight is 409 g/mol. The van der Waals surface area contributed by atoms with Crippen LogP contribution in [0.3, 0.4) is 0 Å². The number of likely N-dealkylation sites (N-methyl/N-ethyl adjacent to an activating group) is 1. The molecule has 24 heavy (non-hydrogen) atoms. The molecule has 1 atom stereocenters. The van der Waals surface area contributed by atoms with Gasteiger partial charge in [-0.3, -0.25) is 4.79 Å². The maximum absolute atomic E-state index is 12.5. The molecule has 0 fully saturated rings. The fourth-order valence-corrected chi connectivity index (χ4v) is 3.61. The molecule has 3 amide bonds. The van der Waals surface area contributed by atoms with Gasteiger partial charge in [0.05, 0.1) is 6.04 Å². The summed E-state index contributed by atoms with van der Waals surface area (Å²) in [4.78, 5) is 27.4. The van der Waals surface area contributed by atoms with Crippen LogP contribution in [0.25, 0.3) is 0 Å². The molecule has 124 valence electrons. The van der Waals surface area contributed by atoms with E-state index in [0.717, 1.165) is 15.6 Å². The summed E-state index contributed by atoms with van der Waals surface area (Å²) in [5, 5.41) is 0.526. The summed E-state index contributed by atoms with van der Waals surface area (Å²) in [6.07, 6.45) is 0. The predicted molar refractivity (Wildman–Crippen MR) is 97.1 cm³/mol. The van der Waals surface area contributed by atoms with Gasteiger partial charge in [-0.25, -0.2) is 4.79 Å². The van der Waals surface area contributed by atoms with Crippen LogP contribution in [0.2, 0.25) is 5.02 Å². The fourth-order valence-electron chi connectivity index (χ4n) is 2.93. The number of hydrogen-bond acceptors (Lipinski definition) is 2. The standard InChI is InChI=1S/C17H15BrClN3O2/c1-21-14-7-6-10(19)8-12(14)16(11-4-2-3-5-13(11)18)22(17(20)24)9-15(21)23/h2-8,16H,9H2,1H3,(H2,20,24). The number of halogens is 2. The molecule has 7 heteroatoms. The number of primary amides is 1. The number of nitrogens with zero attached hydrogens (tertiary/aromatic N) is 2. The molecular formula is C17H15BrClN3O2. The van der Waals surface area contributed by atoms with E-state index in [1.165, 1.54) is 9.80 Å². The highest BCUT2D eigenvalue weighted by Gasteiger charge is 2.35. The van der Waals surface area contributed by atoms with Gasteiger partial charge in [-0.05, 0) is 29.8 Å². The normalized spacial score (nSPS) is 17.5. The highest BCUT2D eigenvalue weighted by atomic mass is 79.9. The quantitative estimate of drug-likeness (QED) is 0.784. The van der Waals surface area contributed by atoms with E-state index in [-0.39, 0.29) is 12.5 Å². The molecule has 5 nitrogen and oxygen atoms in total. The molecule has 0 radical (unpaired) electrons. The van der Waals surface area contributed by atoms with E-state index in [1.54, 1.807) is 25.2 Å². The first kappa shape index (κ1) is 16.8. The van der Waals surface area contributed by atoms with E-state index in [1.807, 2.05) is 24.3 Å². The van der Waals surface area contributed by atoms with Crippen LogP contribution in [0.5, 0.6) is 0 Å². The molecule has 2 N–H and O–H groups in total. The number of carbonyl (C=O) groups excluding carboxylic acids is 2. The molecule has 0 bridgehead atoms. The number of fused-ring (bicyclic) bond motifs is 1. The van der Waals surface area contributed by atoms with Crippen molar-refractivity contribution in [2.75, 3.05) is 18.5 Å². The Morgan fingerprint density at radius 2 is 1.96 bits per heavy atom. The highest BCUT2D eigenvalue weighted by Crippen LogP contribution is 2.40. The molecule has 0 spiro atoms. The van der Waals surface area contributed by atoms with Crippen LogP contribution in [0.15, 0.2) is 46.9 Å². The van der Waals surface area contributed by atoms with E-state index in [2.05, 4.69) is 15.9 Å². The van der Waals surface area contributed by atoms with Crippen LogP contribution in [-0.2, 0) is 4.79 Å². The molecule has 0 aliphatic carbocycles. The number of nitrogens with two attached hydrogens (primary N) is 1. The Morgan fingerprint density at radius 3 is 2.62 bits per heavy atom. The van der Waals surface area contributed by atoms with Crippen LogP contribution < -0.4 is 10.6 Å². The Hall–Kier alpha value is -2.05. The Labute approximate surface area is 153 Å². The number of amides is 3. The minimum absolute atomic E-state index is 0.107. The van der Waals surface area contributed by atoms with Crippen molar-refractivity contribution in [3.63, 3.8) is 0 Å². The number of carbonyl (C=O) groups is 2. The average Bonchev–Trinajstić information content (AvgIpc) is 2.64. The van der Waals surface area contributed by atoms with E-state index < -0.39 is 12.1 Å². The minimum Gasteiger partial charge on any atom is -0.351 e. The zero-order chi connectivity index (χ0) is 17.4. The van der Waals surface area contributed by atoms with Gasteiger partial charge in [0.1, 0.15) is 6.54 Å². The highest BCUT2D eigenvalue weighted by molar-refractivity contribution is 9.10. The van der Waals surface area contributed by atoms with Gasteiger partial charge in [0, 0.05) is 27.8 Å². The van der Waals surface area contributed by atoms with Crippen molar-refractivity contribution in [2.45, 2.75) is 6.04 Å². The molecule has 2 aromatic carbocycles. The van der Waals surface area contributed by atoms with E-state index >= 15 is 0 Å². The summed E-state index contributed by atoms with van der Waals surface area (Å²) < 4.78 is 0.823. The lowest BCUT2D eigenvalue weighted by molar-refractivity contribution is -0.118. The number of urea groups is 1. The second-order valence-electron chi connectivity index (χ2n) is 5.55. The number of rotatable bonds is 1. The molecular weight excluding hydrogens is 394 g/mol. The Morgan fingerprint density at radius 1 is 1.25 bits per heavy atom. The largest absolute Gasteiger partial charge is 0.351 e. The molecule has 0 saturated heterocycles. The SMILES string of the molecule is CN1C(=O)CN(C(N)=O)C(c2ccccc2Br)c2cc(Cl)ccc21. The molecule has 0 aromatic heterocycles. The van der Waals surface area contributed by atoms with Gasteiger partial charge in [0.15, 0.2) is 0 Å². The van der Waals surface area contributed by atoms with Gasteiger partial charge in [0.2, 0.25) is 5.91 Å². The Balaban J connectivity index is 2.31.